The average Bonchev–Trinajstić information content (AvgIpc) is 3.14. The maximum atomic E-state index is 12.2. The molecule has 1 N–H and O–H groups in total. The van der Waals surface area contributed by atoms with Crippen molar-refractivity contribution in [1.82, 2.24) is 25.2 Å². The van der Waals surface area contributed by atoms with Gasteiger partial charge in [0.15, 0.2) is 5.69 Å². The van der Waals surface area contributed by atoms with Crippen molar-refractivity contribution in [3.8, 4) is 5.69 Å². The first-order chi connectivity index (χ1) is 10.6. The van der Waals surface area contributed by atoms with Crippen molar-refractivity contribution >= 4 is 17.5 Å². The van der Waals surface area contributed by atoms with Crippen LogP contribution in [0.25, 0.3) is 5.69 Å². The topological polar surface area (TPSA) is 63.1 Å². The lowest BCUT2D eigenvalue weighted by Gasteiger charge is -2.19. The van der Waals surface area contributed by atoms with Gasteiger partial charge in [0, 0.05) is 12.6 Å². The van der Waals surface area contributed by atoms with E-state index in [0.717, 1.165) is 13.0 Å². The predicted octanol–water partition coefficient (Wildman–Crippen LogP) is 1.74. The molecule has 22 heavy (non-hydrogen) atoms. The third kappa shape index (κ3) is 3.13. The summed E-state index contributed by atoms with van der Waals surface area (Å²) in [5.74, 6) is -0.210. The minimum absolute atomic E-state index is 0.210. The number of nitrogens with one attached hydrogen (secondary N) is 1. The molecule has 1 atom stereocenters. The van der Waals surface area contributed by atoms with Crippen LogP contribution in [0, 0.1) is 0 Å². The molecule has 2 heterocycles. The monoisotopic (exact) mass is 319 g/mol. The number of amides is 1. The molecular formula is C15H18ClN5O. The van der Waals surface area contributed by atoms with Gasteiger partial charge in [-0.15, -0.1) is 5.10 Å². The van der Waals surface area contributed by atoms with Crippen LogP contribution in [0.5, 0.6) is 0 Å². The number of likely N-dealkylation sites (tertiary alicyclic amines) is 1. The van der Waals surface area contributed by atoms with Crippen LogP contribution in [0.3, 0.4) is 0 Å². The maximum Gasteiger partial charge on any atom is 0.273 e. The van der Waals surface area contributed by atoms with E-state index in [4.69, 9.17) is 11.6 Å². The van der Waals surface area contributed by atoms with Gasteiger partial charge in [-0.25, -0.2) is 4.68 Å². The molecule has 2 aromatic rings. The first-order valence-corrected chi connectivity index (χ1v) is 7.68. The zero-order chi connectivity index (χ0) is 15.5. The molecule has 1 amide bonds. The number of rotatable bonds is 4. The molecular weight excluding hydrogens is 302 g/mol. The summed E-state index contributed by atoms with van der Waals surface area (Å²) in [6.07, 6.45) is 3.89. The summed E-state index contributed by atoms with van der Waals surface area (Å²) >= 11 is 6.12. The number of halogens is 1. The Hall–Kier alpha value is -1.92. The Morgan fingerprint density at radius 3 is 3.00 bits per heavy atom. The van der Waals surface area contributed by atoms with E-state index in [1.54, 1.807) is 12.3 Å². The SMILES string of the molecule is CN1CCCC1CNC(=O)c1cn(-c2ccccc2Cl)nn1. The number of aromatic nitrogens is 3. The molecule has 1 unspecified atom stereocenters. The van der Waals surface area contributed by atoms with Gasteiger partial charge < -0.3 is 10.2 Å². The number of nitrogens with zero attached hydrogens (tertiary/aromatic N) is 4. The van der Waals surface area contributed by atoms with Gasteiger partial charge in [0.1, 0.15) is 0 Å². The van der Waals surface area contributed by atoms with Gasteiger partial charge >= 0.3 is 0 Å². The number of para-hydroxylation sites is 1. The molecule has 7 heteroatoms. The molecule has 116 valence electrons. The highest BCUT2D eigenvalue weighted by Gasteiger charge is 2.22. The van der Waals surface area contributed by atoms with Crippen molar-refractivity contribution in [2.45, 2.75) is 18.9 Å². The van der Waals surface area contributed by atoms with Crippen molar-refractivity contribution in [2.24, 2.45) is 0 Å². The lowest BCUT2D eigenvalue weighted by molar-refractivity contribution is 0.0938. The lowest BCUT2D eigenvalue weighted by Crippen LogP contribution is -2.38. The van der Waals surface area contributed by atoms with Crippen LogP contribution in [-0.2, 0) is 0 Å². The van der Waals surface area contributed by atoms with Crippen LogP contribution in [0.1, 0.15) is 23.3 Å². The molecule has 0 radical (unpaired) electrons. The highest BCUT2D eigenvalue weighted by Crippen LogP contribution is 2.18. The van der Waals surface area contributed by atoms with Crippen molar-refractivity contribution < 1.29 is 4.79 Å². The summed E-state index contributed by atoms with van der Waals surface area (Å²) in [5.41, 5.74) is 0.992. The van der Waals surface area contributed by atoms with E-state index in [1.165, 1.54) is 11.1 Å². The minimum Gasteiger partial charge on any atom is -0.349 e. The van der Waals surface area contributed by atoms with E-state index in [0.29, 0.717) is 29.0 Å². The summed E-state index contributed by atoms with van der Waals surface area (Å²) in [7, 11) is 2.08. The van der Waals surface area contributed by atoms with Crippen molar-refractivity contribution in [2.75, 3.05) is 20.1 Å². The summed E-state index contributed by atoms with van der Waals surface area (Å²) in [4.78, 5) is 14.4. The van der Waals surface area contributed by atoms with E-state index in [9.17, 15) is 4.79 Å². The second-order valence-electron chi connectivity index (χ2n) is 5.49. The molecule has 6 nitrogen and oxygen atoms in total. The zero-order valence-corrected chi connectivity index (χ0v) is 13.1. The van der Waals surface area contributed by atoms with Gasteiger partial charge in [-0.1, -0.05) is 28.9 Å². The fourth-order valence-corrected chi connectivity index (χ4v) is 2.88. The number of carbonyl (C=O) groups is 1. The molecule has 0 bridgehead atoms. The molecule has 0 aliphatic carbocycles. The third-order valence-electron chi connectivity index (χ3n) is 4.00. The predicted molar refractivity (Wildman–Crippen MR) is 84.4 cm³/mol. The van der Waals surface area contributed by atoms with E-state index in [2.05, 4.69) is 27.6 Å². The van der Waals surface area contributed by atoms with Gasteiger partial charge in [0.2, 0.25) is 0 Å². The number of benzene rings is 1. The Morgan fingerprint density at radius 1 is 1.45 bits per heavy atom. The summed E-state index contributed by atoms with van der Waals surface area (Å²) in [6.45, 7) is 1.72. The highest BCUT2D eigenvalue weighted by atomic mass is 35.5. The molecule has 1 aliphatic rings. The molecule has 0 spiro atoms. The van der Waals surface area contributed by atoms with Crippen LogP contribution in [0.15, 0.2) is 30.5 Å². The minimum atomic E-state index is -0.210. The summed E-state index contributed by atoms with van der Waals surface area (Å²) < 4.78 is 1.51. The number of likely N-dealkylation sites (N-methyl/N-ethyl adjacent to an activating group) is 1. The van der Waals surface area contributed by atoms with Crippen molar-refractivity contribution in [3.63, 3.8) is 0 Å². The highest BCUT2D eigenvalue weighted by molar-refractivity contribution is 6.32. The van der Waals surface area contributed by atoms with Gasteiger partial charge in [-0.3, -0.25) is 4.79 Å². The lowest BCUT2D eigenvalue weighted by atomic mass is 10.2. The molecule has 3 rings (SSSR count). The number of carbonyl (C=O) groups excluding carboxylic acids is 1. The molecule has 1 aliphatic heterocycles. The Bertz CT molecular complexity index is 671. The second kappa shape index (κ2) is 6.46. The van der Waals surface area contributed by atoms with E-state index in [1.807, 2.05) is 18.2 Å². The van der Waals surface area contributed by atoms with E-state index in [-0.39, 0.29) is 5.91 Å². The van der Waals surface area contributed by atoms with Gasteiger partial charge in [0.05, 0.1) is 16.9 Å². The Morgan fingerprint density at radius 2 is 2.27 bits per heavy atom. The number of hydrogen-bond donors (Lipinski definition) is 1. The molecule has 0 saturated carbocycles. The third-order valence-corrected chi connectivity index (χ3v) is 4.31. The standard InChI is InChI=1S/C15H18ClN5O/c1-20-8-4-5-11(20)9-17-15(22)13-10-21(19-18-13)14-7-3-2-6-12(14)16/h2-3,6-7,10-11H,4-5,8-9H2,1H3,(H,17,22). The second-order valence-corrected chi connectivity index (χ2v) is 5.89. The Kier molecular flexibility index (Phi) is 4.40. The fraction of sp³-hybridized carbons (Fsp3) is 0.400. The Balaban J connectivity index is 1.66. The normalized spacial score (nSPS) is 18.5. The maximum absolute atomic E-state index is 12.2. The quantitative estimate of drug-likeness (QED) is 0.932. The van der Waals surface area contributed by atoms with Crippen molar-refractivity contribution in [3.05, 3.63) is 41.2 Å². The van der Waals surface area contributed by atoms with Crippen LogP contribution >= 0.6 is 11.6 Å². The zero-order valence-electron chi connectivity index (χ0n) is 12.4. The van der Waals surface area contributed by atoms with E-state index >= 15 is 0 Å². The number of hydrogen-bond acceptors (Lipinski definition) is 4. The first kappa shape index (κ1) is 15.0. The van der Waals surface area contributed by atoms with Gasteiger partial charge in [0.25, 0.3) is 5.91 Å². The summed E-state index contributed by atoms with van der Waals surface area (Å²) in [6, 6.07) is 7.70. The van der Waals surface area contributed by atoms with Crippen molar-refractivity contribution in [1.29, 1.82) is 0 Å². The van der Waals surface area contributed by atoms with Gasteiger partial charge in [-0.05, 0) is 38.6 Å². The molecule has 1 fully saturated rings. The van der Waals surface area contributed by atoms with Crippen LogP contribution in [0.2, 0.25) is 5.02 Å². The Labute approximate surface area is 134 Å². The first-order valence-electron chi connectivity index (χ1n) is 7.31. The smallest absolute Gasteiger partial charge is 0.273 e. The van der Waals surface area contributed by atoms with Gasteiger partial charge in [-0.2, -0.15) is 0 Å². The fourth-order valence-electron chi connectivity index (χ4n) is 2.66. The molecule has 1 aromatic carbocycles. The molecule has 1 saturated heterocycles. The van der Waals surface area contributed by atoms with E-state index < -0.39 is 0 Å². The van der Waals surface area contributed by atoms with Crippen LogP contribution in [0.4, 0.5) is 0 Å². The van der Waals surface area contributed by atoms with Crippen LogP contribution < -0.4 is 5.32 Å². The summed E-state index contributed by atoms with van der Waals surface area (Å²) in [5, 5.41) is 11.4. The average molecular weight is 320 g/mol. The van der Waals surface area contributed by atoms with Crippen LogP contribution in [-0.4, -0.2) is 52.0 Å². The largest absolute Gasteiger partial charge is 0.349 e. The molecule has 1 aromatic heterocycles.